The summed E-state index contributed by atoms with van der Waals surface area (Å²) in [7, 11) is 1.29. The Labute approximate surface area is 138 Å². The molecule has 0 aliphatic rings. The summed E-state index contributed by atoms with van der Waals surface area (Å²) in [5, 5.41) is 13.1. The first-order valence-electron chi connectivity index (χ1n) is 7.84. The van der Waals surface area contributed by atoms with Gasteiger partial charge in [-0.15, -0.1) is 0 Å². The molecule has 1 aromatic carbocycles. The summed E-state index contributed by atoms with van der Waals surface area (Å²) in [6, 6.07) is 8.05. The van der Waals surface area contributed by atoms with Gasteiger partial charge in [0.1, 0.15) is 0 Å². The predicted molar refractivity (Wildman–Crippen MR) is 89.0 cm³/mol. The lowest BCUT2D eigenvalue weighted by Gasteiger charge is -2.26. The zero-order valence-electron chi connectivity index (χ0n) is 14.3. The van der Waals surface area contributed by atoms with E-state index >= 15 is 0 Å². The van der Waals surface area contributed by atoms with Gasteiger partial charge >= 0.3 is 5.97 Å². The molecule has 0 aliphatic carbocycles. The molecule has 1 amide bonds. The molecular formula is C18H27NO4. The highest BCUT2D eigenvalue weighted by Crippen LogP contribution is 2.23. The van der Waals surface area contributed by atoms with E-state index in [1.807, 2.05) is 6.07 Å². The summed E-state index contributed by atoms with van der Waals surface area (Å²) in [6.07, 6.45) is 0.425. The number of hydrogen-bond donors (Lipinski definition) is 2. The van der Waals surface area contributed by atoms with Crippen LogP contribution in [-0.2, 0) is 9.53 Å². The average Bonchev–Trinajstić information content (AvgIpc) is 2.51. The number of methoxy groups -OCH3 is 1. The number of amides is 1. The number of nitrogens with one attached hydrogen (secondary N) is 1. The molecule has 0 bridgehead atoms. The molecule has 0 heterocycles. The van der Waals surface area contributed by atoms with Crippen molar-refractivity contribution in [1.29, 1.82) is 0 Å². The number of aliphatic hydroxyl groups is 1. The van der Waals surface area contributed by atoms with Gasteiger partial charge in [0.05, 0.1) is 25.7 Å². The molecule has 0 saturated heterocycles. The van der Waals surface area contributed by atoms with Gasteiger partial charge in [0, 0.05) is 5.56 Å². The molecular weight excluding hydrogens is 294 g/mol. The summed E-state index contributed by atoms with van der Waals surface area (Å²) in [6.45, 7) is 6.24. The predicted octanol–water partition coefficient (Wildman–Crippen LogP) is 2.54. The summed E-state index contributed by atoms with van der Waals surface area (Å²) in [5.41, 5.74) is 0.561. The lowest BCUT2D eigenvalue weighted by atomic mass is 9.87. The van der Waals surface area contributed by atoms with Gasteiger partial charge in [-0.3, -0.25) is 9.59 Å². The molecule has 128 valence electrons. The van der Waals surface area contributed by atoms with E-state index in [1.54, 1.807) is 24.3 Å². The van der Waals surface area contributed by atoms with Gasteiger partial charge in [-0.1, -0.05) is 39.0 Å². The zero-order chi connectivity index (χ0) is 17.5. The van der Waals surface area contributed by atoms with Crippen LogP contribution in [0.1, 0.15) is 50.4 Å². The topological polar surface area (TPSA) is 75.6 Å². The largest absolute Gasteiger partial charge is 0.469 e. The Morgan fingerprint density at radius 1 is 1.22 bits per heavy atom. The van der Waals surface area contributed by atoms with E-state index in [0.717, 1.165) is 6.42 Å². The Balaban J connectivity index is 2.75. The van der Waals surface area contributed by atoms with Crippen LogP contribution in [0.3, 0.4) is 0 Å². The molecule has 1 aromatic rings. The maximum Gasteiger partial charge on any atom is 0.307 e. The molecule has 5 nitrogen and oxygen atoms in total. The van der Waals surface area contributed by atoms with Crippen LogP contribution in [0.4, 0.5) is 0 Å². The Morgan fingerprint density at radius 2 is 1.83 bits per heavy atom. The second-order valence-corrected chi connectivity index (χ2v) is 6.89. The molecule has 0 radical (unpaired) electrons. The van der Waals surface area contributed by atoms with Crippen LogP contribution in [0.15, 0.2) is 30.3 Å². The summed E-state index contributed by atoms with van der Waals surface area (Å²) < 4.78 is 4.66. The van der Waals surface area contributed by atoms with Crippen LogP contribution in [0.25, 0.3) is 0 Å². The molecule has 5 heteroatoms. The van der Waals surface area contributed by atoms with Gasteiger partial charge in [0.2, 0.25) is 0 Å². The standard InChI is InChI=1S/C18H27NO4/c1-18(2,3)11-10-15(20)14(12-16(21)23-4)19-17(22)13-8-6-5-7-9-13/h5-9,14-15,20H,10-12H2,1-4H3,(H,19,22). The fourth-order valence-electron chi connectivity index (χ4n) is 2.17. The minimum Gasteiger partial charge on any atom is -0.469 e. The molecule has 0 fully saturated rings. The monoisotopic (exact) mass is 321 g/mol. The molecule has 2 N–H and O–H groups in total. The third kappa shape index (κ3) is 7.28. The fraction of sp³-hybridized carbons (Fsp3) is 0.556. The number of esters is 1. The van der Waals surface area contributed by atoms with Gasteiger partial charge in [-0.05, 0) is 30.4 Å². The third-order valence-corrected chi connectivity index (χ3v) is 3.62. The van der Waals surface area contributed by atoms with Crippen molar-refractivity contribution in [1.82, 2.24) is 5.32 Å². The van der Waals surface area contributed by atoms with Crippen LogP contribution in [-0.4, -0.2) is 36.2 Å². The molecule has 0 spiro atoms. The van der Waals surface area contributed by atoms with Crippen molar-refractivity contribution >= 4 is 11.9 Å². The SMILES string of the molecule is COC(=O)CC(NC(=O)c1ccccc1)C(O)CCC(C)(C)C. The summed E-state index contributed by atoms with van der Waals surface area (Å²) in [4.78, 5) is 23.8. The lowest BCUT2D eigenvalue weighted by Crippen LogP contribution is -2.45. The van der Waals surface area contributed by atoms with Gasteiger partial charge in [-0.25, -0.2) is 0 Å². The zero-order valence-corrected chi connectivity index (χ0v) is 14.3. The van der Waals surface area contributed by atoms with Crippen molar-refractivity contribution < 1.29 is 19.4 Å². The van der Waals surface area contributed by atoms with E-state index in [9.17, 15) is 14.7 Å². The van der Waals surface area contributed by atoms with Crippen molar-refractivity contribution in [2.75, 3.05) is 7.11 Å². The summed E-state index contributed by atoms with van der Waals surface area (Å²) >= 11 is 0. The molecule has 23 heavy (non-hydrogen) atoms. The third-order valence-electron chi connectivity index (χ3n) is 3.62. The van der Waals surface area contributed by atoms with Crippen molar-refractivity contribution in [3.8, 4) is 0 Å². The number of ether oxygens (including phenoxy) is 1. The molecule has 0 aliphatic heterocycles. The molecule has 1 rings (SSSR count). The van der Waals surface area contributed by atoms with Crippen LogP contribution >= 0.6 is 0 Å². The molecule has 0 aromatic heterocycles. The van der Waals surface area contributed by atoms with E-state index in [2.05, 4.69) is 30.8 Å². The minimum atomic E-state index is -0.805. The molecule has 2 unspecified atom stereocenters. The number of hydrogen-bond acceptors (Lipinski definition) is 4. The quantitative estimate of drug-likeness (QED) is 0.757. The maximum atomic E-state index is 12.3. The van der Waals surface area contributed by atoms with Crippen molar-refractivity contribution in [2.24, 2.45) is 5.41 Å². The first-order chi connectivity index (χ1) is 10.7. The van der Waals surface area contributed by atoms with E-state index in [4.69, 9.17) is 0 Å². The summed E-state index contributed by atoms with van der Waals surface area (Å²) in [5.74, 6) is -0.771. The Bertz CT molecular complexity index is 508. The van der Waals surface area contributed by atoms with Crippen LogP contribution < -0.4 is 5.32 Å². The van der Waals surface area contributed by atoms with Crippen molar-refractivity contribution in [3.63, 3.8) is 0 Å². The highest BCUT2D eigenvalue weighted by molar-refractivity contribution is 5.94. The van der Waals surface area contributed by atoms with Gasteiger partial charge in [0.25, 0.3) is 5.91 Å². The lowest BCUT2D eigenvalue weighted by molar-refractivity contribution is -0.141. The number of aliphatic hydroxyl groups excluding tert-OH is 1. The van der Waals surface area contributed by atoms with E-state index in [1.165, 1.54) is 7.11 Å². The van der Waals surface area contributed by atoms with Gasteiger partial charge < -0.3 is 15.2 Å². The van der Waals surface area contributed by atoms with Crippen LogP contribution in [0, 0.1) is 5.41 Å². The Hall–Kier alpha value is -1.88. The Kier molecular flexibility index (Phi) is 7.23. The normalized spacial score (nSPS) is 14.0. The number of rotatable bonds is 7. The van der Waals surface area contributed by atoms with Gasteiger partial charge in [0.15, 0.2) is 0 Å². The number of benzene rings is 1. The van der Waals surface area contributed by atoms with E-state index in [0.29, 0.717) is 12.0 Å². The maximum absolute atomic E-state index is 12.3. The fourth-order valence-corrected chi connectivity index (χ4v) is 2.17. The van der Waals surface area contributed by atoms with E-state index in [-0.39, 0.29) is 17.7 Å². The highest BCUT2D eigenvalue weighted by atomic mass is 16.5. The minimum absolute atomic E-state index is 0.0552. The first kappa shape index (κ1) is 19.2. The first-order valence-corrected chi connectivity index (χ1v) is 7.84. The van der Waals surface area contributed by atoms with Crippen molar-refractivity contribution in [3.05, 3.63) is 35.9 Å². The Morgan fingerprint density at radius 3 is 2.35 bits per heavy atom. The molecule has 2 atom stereocenters. The van der Waals surface area contributed by atoms with Crippen LogP contribution in [0.5, 0.6) is 0 Å². The van der Waals surface area contributed by atoms with E-state index < -0.39 is 18.1 Å². The number of carbonyl (C=O) groups excluding carboxylic acids is 2. The second-order valence-electron chi connectivity index (χ2n) is 6.89. The smallest absolute Gasteiger partial charge is 0.307 e. The van der Waals surface area contributed by atoms with Crippen molar-refractivity contribution in [2.45, 2.75) is 52.2 Å². The number of carbonyl (C=O) groups is 2. The second kappa shape index (κ2) is 8.67. The van der Waals surface area contributed by atoms with Crippen LogP contribution in [0.2, 0.25) is 0 Å². The van der Waals surface area contributed by atoms with Gasteiger partial charge in [-0.2, -0.15) is 0 Å². The molecule has 0 saturated carbocycles. The average molecular weight is 321 g/mol. The highest BCUT2D eigenvalue weighted by Gasteiger charge is 2.26.